The van der Waals surface area contributed by atoms with Crippen LogP contribution in [0.25, 0.3) is 11.0 Å². The topological polar surface area (TPSA) is 67.2 Å². The summed E-state index contributed by atoms with van der Waals surface area (Å²) >= 11 is 0. The average molecular weight is 483 g/mol. The molecule has 0 saturated heterocycles. The molecule has 0 spiro atoms. The Kier molecular flexibility index (Phi) is 8.50. The Morgan fingerprint density at radius 1 is 0.917 bits per heavy atom. The van der Waals surface area contributed by atoms with Gasteiger partial charge in [-0.15, -0.1) is 0 Å². The number of likely N-dealkylation sites (N-methyl/N-ethyl adjacent to an activating group) is 1. The zero-order valence-corrected chi connectivity index (χ0v) is 21.1. The molecule has 0 aliphatic heterocycles. The molecule has 0 fully saturated rings. The first-order valence-corrected chi connectivity index (χ1v) is 12.7. The molecule has 6 heteroatoms. The van der Waals surface area contributed by atoms with Crippen molar-refractivity contribution in [2.45, 2.75) is 46.1 Å². The molecule has 0 aliphatic rings. The van der Waals surface area contributed by atoms with Crippen LogP contribution in [-0.2, 0) is 17.8 Å². The summed E-state index contributed by atoms with van der Waals surface area (Å²) in [6.07, 6.45) is 3.59. The standard InChI is InChI=1S/C30H34N4O2/c1-3-33(25-15-6-4-7-16-25)29(35)22-34-27-18-10-9-17-26(27)32-28(34)19-8-5-11-20-31-30(36)24-14-12-13-23(2)21-24/h4,6-7,9-10,12-18,21H,3,5,8,11,19-20,22H2,1-2H3,(H,31,36). The molecule has 1 heterocycles. The molecule has 0 bridgehead atoms. The number of rotatable bonds is 11. The van der Waals surface area contributed by atoms with Gasteiger partial charge in [-0.1, -0.05) is 54.4 Å². The minimum absolute atomic E-state index is 0.0297. The van der Waals surface area contributed by atoms with E-state index in [2.05, 4.69) is 9.88 Å². The van der Waals surface area contributed by atoms with Crippen molar-refractivity contribution in [1.29, 1.82) is 0 Å². The summed E-state index contributed by atoms with van der Waals surface area (Å²) in [5.41, 5.74) is 4.58. The van der Waals surface area contributed by atoms with Crippen molar-refractivity contribution in [2.75, 3.05) is 18.0 Å². The number of nitrogens with one attached hydrogen (secondary N) is 1. The molecule has 4 rings (SSSR count). The van der Waals surface area contributed by atoms with Crippen LogP contribution in [0.2, 0.25) is 0 Å². The highest BCUT2D eigenvalue weighted by Gasteiger charge is 2.18. The third-order valence-electron chi connectivity index (χ3n) is 6.36. The average Bonchev–Trinajstić information content (AvgIpc) is 3.24. The zero-order chi connectivity index (χ0) is 25.3. The summed E-state index contributed by atoms with van der Waals surface area (Å²) in [5, 5.41) is 3.01. The van der Waals surface area contributed by atoms with Crippen LogP contribution in [0.5, 0.6) is 0 Å². The Morgan fingerprint density at radius 3 is 2.47 bits per heavy atom. The Bertz CT molecular complexity index is 1310. The largest absolute Gasteiger partial charge is 0.352 e. The van der Waals surface area contributed by atoms with Gasteiger partial charge in [0.05, 0.1) is 11.0 Å². The summed E-state index contributed by atoms with van der Waals surface area (Å²) in [7, 11) is 0. The fourth-order valence-corrected chi connectivity index (χ4v) is 4.50. The van der Waals surface area contributed by atoms with Gasteiger partial charge < -0.3 is 14.8 Å². The maximum absolute atomic E-state index is 13.3. The number of anilines is 1. The number of nitrogens with zero attached hydrogens (tertiary/aromatic N) is 3. The molecule has 4 aromatic rings. The smallest absolute Gasteiger partial charge is 0.251 e. The van der Waals surface area contributed by atoms with E-state index in [0.717, 1.165) is 53.8 Å². The van der Waals surface area contributed by atoms with Crippen LogP contribution in [0.1, 0.15) is 47.9 Å². The zero-order valence-electron chi connectivity index (χ0n) is 21.1. The summed E-state index contributed by atoms with van der Waals surface area (Å²) in [4.78, 5) is 32.3. The summed E-state index contributed by atoms with van der Waals surface area (Å²) in [5.74, 6) is 0.947. The normalized spacial score (nSPS) is 10.9. The van der Waals surface area contributed by atoms with Gasteiger partial charge in [-0.25, -0.2) is 4.98 Å². The third-order valence-corrected chi connectivity index (χ3v) is 6.36. The van der Waals surface area contributed by atoms with Crippen LogP contribution in [0, 0.1) is 6.92 Å². The maximum Gasteiger partial charge on any atom is 0.251 e. The van der Waals surface area contributed by atoms with Crippen LogP contribution in [0.3, 0.4) is 0 Å². The Balaban J connectivity index is 1.35. The number of unbranched alkanes of at least 4 members (excludes halogenated alkanes) is 2. The van der Waals surface area contributed by atoms with Gasteiger partial charge in [0.15, 0.2) is 0 Å². The molecule has 3 aromatic carbocycles. The fraction of sp³-hybridized carbons (Fsp3) is 0.300. The van der Waals surface area contributed by atoms with E-state index in [0.29, 0.717) is 18.7 Å². The SMILES string of the molecule is CCN(C(=O)Cn1c(CCCCCNC(=O)c2cccc(C)c2)nc2ccccc21)c1ccccc1. The maximum atomic E-state index is 13.3. The molecule has 0 unspecified atom stereocenters. The van der Waals surface area contributed by atoms with Gasteiger partial charge in [0.25, 0.3) is 5.91 Å². The monoisotopic (exact) mass is 482 g/mol. The molecule has 0 atom stereocenters. The van der Waals surface area contributed by atoms with Crippen molar-refractivity contribution in [3.05, 3.63) is 95.8 Å². The highest BCUT2D eigenvalue weighted by atomic mass is 16.2. The number of hydrogen-bond acceptors (Lipinski definition) is 3. The fourth-order valence-electron chi connectivity index (χ4n) is 4.50. The second kappa shape index (κ2) is 12.2. The molecule has 186 valence electrons. The lowest BCUT2D eigenvalue weighted by Gasteiger charge is -2.22. The molecular weight excluding hydrogens is 448 g/mol. The lowest BCUT2D eigenvalue weighted by atomic mass is 10.1. The number of imidazole rings is 1. The van der Waals surface area contributed by atoms with Gasteiger partial charge in [0, 0.05) is 30.8 Å². The molecule has 2 amide bonds. The highest BCUT2D eigenvalue weighted by molar-refractivity contribution is 5.94. The quantitative estimate of drug-likeness (QED) is 0.285. The van der Waals surface area contributed by atoms with Gasteiger partial charge in [-0.3, -0.25) is 9.59 Å². The Morgan fingerprint density at radius 2 is 1.69 bits per heavy atom. The highest BCUT2D eigenvalue weighted by Crippen LogP contribution is 2.20. The van der Waals surface area contributed by atoms with Crippen molar-refractivity contribution in [1.82, 2.24) is 14.9 Å². The van der Waals surface area contributed by atoms with Crippen molar-refractivity contribution in [3.63, 3.8) is 0 Å². The van der Waals surface area contributed by atoms with E-state index >= 15 is 0 Å². The van der Waals surface area contributed by atoms with E-state index in [-0.39, 0.29) is 18.4 Å². The first-order chi connectivity index (χ1) is 17.6. The molecule has 6 nitrogen and oxygen atoms in total. The summed E-state index contributed by atoms with van der Waals surface area (Å²) in [6.45, 7) is 5.49. The van der Waals surface area contributed by atoms with E-state index < -0.39 is 0 Å². The minimum Gasteiger partial charge on any atom is -0.352 e. The van der Waals surface area contributed by atoms with Crippen LogP contribution in [0.15, 0.2) is 78.9 Å². The molecule has 1 aromatic heterocycles. The van der Waals surface area contributed by atoms with Crippen molar-refractivity contribution < 1.29 is 9.59 Å². The van der Waals surface area contributed by atoms with Gasteiger partial charge >= 0.3 is 0 Å². The molecule has 0 saturated carbocycles. The second-order valence-corrected chi connectivity index (χ2v) is 9.01. The predicted molar refractivity (Wildman–Crippen MR) is 145 cm³/mol. The Hall–Kier alpha value is -3.93. The first-order valence-electron chi connectivity index (χ1n) is 12.7. The number of para-hydroxylation sites is 3. The molecule has 0 radical (unpaired) electrons. The molecule has 0 aliphatic carbocycles. The van der Waals surface area contributed by atoms with Gasteiger partial charge in [-0.05, 0) is 63.1 Å². The third kappa shape index (κ3) is 6.19. The van der Waals surface area contributed by atoms with Gasteiger partial charge in [0.1, 0.15) is 12.4 Å². The number of aromatic nitrogens is 2. The van der Waals surface area contributed by atoms with Crippen molar-refractivity contribution in [3.8, 4) is 0 Å². The minimum atomic E-state index is -0.0297. The molecular formula is C30H34N4O2. The summed E-state index contributed by atoms with van der Waals surface area (Å²) < 4.78 is 2.06. The number of carbonyl (C=O) groups is 2. The van der Waals surface area contributed by atoms with Crippen molar-refractivity contribution in [2.24, 2.45) is 0 Å². The van der Waals surface area contributed by atoms with E-state index in [1.165, 1.54) is 0 Å². The Labute approximate surface area is 213 Å². The van der Waals surface area contributed by atoms with E-state index in [1.54, 1.807) is 0 Å². The number of carbonyl (C=O) groups excluding carboxylic acids is 2. The van der Waals surface area contributed by atoms with Crippen LogP contribution in [0.4, 0.5) is 5.69 Å². The molecule has 36 heavy (non-hydrogen) atoms. The van der Waals surface area contributed by atoms with Crippen LogP contribution >= 0.6 is 0 Å². The lowest BCUT2D eigenvalue weighted by Crippen LogP contribution is -2.34. The van der Waals surface area contributed by atoms with E-state index in [4.69, 9.17) is 4.98 Å². The number of benzene rings is 3. The van der Waals surface area contributed by atoms with E-state index in [9.17, 15) is 9.59 Å². The molecule has 1 N–H and O–H groups in total. The van der Waals surface area contributed by atoms with Crippen molar-refractivity contribution >= 4 is 28.5 Å². The van der Waals surface area contributed by atoms with Gasteiger partial charge in [0.2, 0.25) is 5.91 Å². The van der Waals surface area contributed by atoms with E-state index in [1.807, 2.05) is 97.6 Å². The summed E-state index contributed by atoms with van der Waals surface area (Å²) in [6, 6.07) is 25.4. The second-order valence-electron chi connectivity index (χ2n) is 9.01. The lowest BCUT2D eigenvalue weighted by molar-refractivity contribution is -0.119. The van der Waals surface area contributed by atoms with Crippen LogP contribution in [-0.4, -0.2) is 34.5 Å². The number of fused-ring (bicyclic) bond motifs is 1. The number of amides is 2. The predicted octanol–water partition coefficient (Wildman–Crippen LogP) is 5.54. The number of hydrogen-bond donors (Lipinski definition) is 1. The number of aryl methyl sites for hydroxylation is 2. The van der Waals surface area contributed by atoms with Gasteiger partial charge in [-0.2, -0.15) is 0 Å². The van der Waals surface area contributed by atoms with Crippen LogP contribution < -0.4 is 10.2 Å². The first kappa shape index (κ1) is 25.2.